The van der Waals surface area contributed by atoms with E-state index in [1.54, 1.807) is 6.20 Å². The number of hydrogen-bond acceptors (Lipinski definition) is 3. The van der Waals surface area contributed by atoms with Crippen molar-refractivity contribution in [3.63, 3.8) is 0 Å². The topological polar surface area (TPSA) is 34.1 Å². The normalized spacial score (nSPS) is 25.6. The molecule has 0 amide bonds. The van der Waals surface area contributed by atoms with Crippen molar-refractivity contribution in [1.82, 2.24) is 10.3 Å². The van der Waals surface area contributed by atoms with Gasteiger partial charge in [-0.3, -0.25) is 4.98 Å². The lowest BCUT2D eigenvalue weighted by molar-refractivity contribution is 0.241. The van der Waals surface area contributed by atoms with Crippen LogP contribution < -0.4 is 10.1 Å². The van der Waals surface area contributed by atoms with Crippen molar-refractivity contribution in [1.29, 1.82) is 0 Å². The molecule has 3 nitrogen and oxygen atoms in total. The molecule has 2 aliphatic rings. The van der Waals surface area contributed by atoms with Crippen LogP contribution in [-0.4, -0.2) is 24.2 Å². The predicted octanol–water partition coefficient (Wildman–Crippen LogP) is 1.95. The van der Waals surface area contributed by atoms with Gasteiger partial charge >= 0.3 is 0 Å². The van der Waals surface area contributed by atoms with Crippen LogP contribution in [0.2, 0.25) is 0 Å². The van der Waals surface area contributed by atoms with Gasteiger partial charge in [0, 0.05) is 24.7 Å². The summed E-state index contributed by atoms with van der Waals surface area (Å²) >= 11 is 0. The van der Waals surface area contributed by atoms with Crippen LogP contribution in [0.4, 0.5) is 0 Å². The summed E-state index contributed by atoms with van der Waals surface area (Å²) in [6.07, 6.45) is 5.32. The van der Waals surface area contributed by atoms with Gasteiger partial charge in [0.25, 0.3) is 0 Å². The molecule has 1 aromatic heterocycles. The number of ether oxygens (including phenoxy) is 1. The fourth-order valence-electron chi connectivity index (χ4n) is 2.62. The maximum atomic E-state index is 5.67. The maximum absolute atomic E-state index is 5.67. The highest BCUT2D eigenvalue weighted by atomic mass is 16.5. The second-order valence-corrected chi connectivity index (χ2v) is 5.34. The first-order valence-electron chi connectivity index (χ1n) is 6.02. The van der Waals surface area contributed by atoms with Crippen LogP contribution in [-0.2, 0) is 0 Å². The zero-order valence-electron chi connectivity index (χ0n) is 9.86. The fraction of sp³-hybridized carbons (Fsp3) is 0.615. The van der Waals surface area contributed by atoms with E-state index in [1.807, 2.05) is 20.0 Å². The van der Waals surface area contributed by atoms with E-state index in [0.29, 0.717) is 11.3 Å². The van der Waals surface area contributed by atoms with E-state index in [4.69, 9.17) is 4.74 Å². The third-order valence-electron chi connectivity index (χ3n) is 3.65. The zero-order valence-corrected chi connectivity index (χ0v) is 9.86. The molecule has 0 aromatic carbocycles. The number of hydrogen-bond donors (Lipinski definition) is 1. The third kappa shape index (κ3) is 1.59. The average Bonchev–Trinajstić information content (AvgIpc) is 2.91. The highest BCUT2D eigenvalue weighted by Crippen LogP contribution is 2.61. The van der Waals surface area contributed by atoms with Crippen molar-refractivity contribution in [2.45, 2.75) is 32.3 Å². The van der Waals surface area contributed by atoms with Crippen molar-refractivity contribution in [3.05, 3.63) is 24.0 Å². The van der Waals surface area contributed by atoms with Gasteiger partial charge in [-0.05, 0) is 37.8 Å². The van der Waals surface area contributed by atoms with E-state index < -0.39 is 0 Å². The second kappa shape index (κ2) is 3.45. The lowest BCUT2D eigenvalue weighted by Crippen LogP contribution is -2.44. The molecule has 2 heterocycles. The lowest BCUT2D eigenvalue weighted by atomic mass is 9.94. The van der Waals surface area contributed by atoms with E-state index in [0.717, 1.165) is 5.75 Å². The minimum absolute atomic E-state index is 0.218. The van der Waals surface area contributed by atoms with Crippen molar-refractivity contribution >= 4 is 0 Å². The molecule has 16 heavy (non-hydrogen) atoms. The number of pyridine rings is 1. The van der Waals surface area contributed by atoms with E-state index in [2.05, 4.69) is 16.4 Å². The Bertz CT molecular complexity index is 399. The molecule has 0 radical (unpaired) electrons. The number of nitrogens with zero attached hydrogens (tertiary/aromatic N) is 1. The monoisotopic (exact) mass is 218 g/mol. The molecule has 86 valence electrons. The molecule has 2 fully saturated rings. The highest BCUT2D eigenvalue weighted by molar-refractivity contribution is 5.35. The van der Waals surface area contributed by atoms with Crippen molar-refractivity contribution in [2.24, 2.45) is 5.41 Å². The third-order valence-corrected chi connectivity index (χ3v) is 3.65. The Morgan fingerprint density at radius 1 is 1.44 bits per heavy atom. The summed E-state index contributed by atoms with van der Waals surface area (Å²) in [4.78, 5) is 4.28. The molecular formula is C13H18N2O. The summed E-state index contributed by atoms with van der Waals surface area (Å²) in [6, 6.07) is 2.16. The maximum Gasteiger partial charge on any atom is 0.138 e. The fourth-order valence-corrected chi connectivity index (χ4v) is 2.62. The van der Waals surface area contributed by atoms with Crippen LogP contribution in [0.5, 0.6) is 5.75 Å². The largest absolute Gasteiger partial charge is 0.489 e. The summed E-state index contributed by atoms with van der Waals surface area (Å²) in [6.45, 7) is 6.43. The van der Waals surface area contributed by atoms with Gasteiger partial charge in [-0.15, -0.1) is 0 Å². The molecule has 0 bridgehead atoms. The molecular weight excluding hydrogens is 200 g/mol. The predicted molar refractivity (Wildman–Crippen MR) is 62.7 cm³/mol. The van der Waals surface area contributed by atoms with Gasteiger partial charge in [0.1, 0.15) is 5.75 Å². The molecule has 1 aromatic rings. The molecule has 1 saturated carbocycles. The van der Waals surface area contributed by atoms with Crippen molar-refractivity contribution in [3.8, 4) is 5.75 Å². The van der Waals surface area contributed by atoms with E-state index in [1.165, 1.54) is 25.1 Å². The summed E-state index contributed by atoms with van der Waals surface area (Å²) < 4.78 is 5.67. The standard InChI is InChI=1S/C13H18N2O/c1-9(2)16-11-3-10(5-14-6-11)12-4-13(12)7-15-8-13/h3,5-6,9,12,15H,4,7-8H2,1-2H3. The van der Waals surface area contributed by atoms with Gasteiger partial charge in [0.15, 0.2) is 0 Å². The van der Waals surface area contributed by atoms with Crippen LogP contribution >= 0.6 is 0 Å². The van der Waals surface area contributed by atoms with Gasteiger partial charge in [-0.1, -0.05) is 0 Å². The summed E-state index contributed by atoms with van der Waals surface area (Å²) in [5, 5.41) is 3.36. The van der Waals surface area contributed by atoms with Gasteiger partial charge in [-0.2, -0.15) is 0 Å². The molecule has 1 atom stereocenters. The molecule has 1 spiro atoms. The van der Waals surface area contributed by atoms with Gasteiger partial charge in [0.05, 0.1) is 12.3 Å². The van der Waals surface area contributed by atoms with Gasteiger partial charge < -0.3 is 10.1 Å². The zero-order chi connectivity index (χ0) is 11.2. The Hall–Kier alpha value is -1.09. The highest BCUT2D eigenvalue weighted by Gasteiger charge is 2.58. The molecule has 1 aliphatic heterocycles. The Balaban J connectivity index is 1.76. The van der Waals surface area contributed by atoms with Gasteiger partial charge in [-0.25, -0.2) is 0 Å². The quantitative estimate of drug-likeness (QED) is 0.842. The number of nitrogens with one attached hydrogen (secondary N) is 1. The number of rotatable bonds is 3. The summed E-state index contributed by atoms with van der Waals surface area (Å²) in [5.41, 5.74) is 1.91. The van der Waals surface area contributed by atoms with Crippen LogP contribution in [0.3, 0.4) is 0 Å². The van der Waals surface area contributed by atoms with Crippen molar-refractivity contribution in [2.75, 3.05) is 13.1 Å². The first-order valence-corrected chi connectivity index (χ1v) is 6.02. The Morgan fingerprint density at radius 2 is 2.25 bits per heavy atom. The molecule has 1 unspecified atom stereocenters. The molecule has 1 N–H and O–H groups in total. The lowest BCUT2D eigenvalue weighted by Gasteiger charge is -2.28. The average molecular weight is 218 g/mol. The Labute approximate surface area is 96.2 Å². The second-order valence-electron chi connectivity index (χ2n) is 5.34. The van der Waals surface area contributed by atoms with Crippen LogP contribution in [0.15, 0.2) is 18.5 Å². The molecule has 3 rings (SSSR count). The van der Waals surface area contributed by atoms with E-state index in [-0.39, 0.29) is 6.10 Å². The van der Waals surface area contributed by atoms with Crippen LogP contribution in [0.25, 0.3) is 0 Å². The first kappa shape index (κ1) is 10.1. The molecule has 3 heteroatoms. The van der Waals surface area contributed by atoms with E-state index >= 15 is 0 Å². The number of aromatic nitrogens is 1. The first-order chi connectivity index (χ1) is 7.70. The minimum atomic E-state index is 0.218. The molecule has 1 aliphatic carbocycles. The van der Waals surface area contributed by atoms with Crippen LogP contribution in [0, 0.1) is 5.41 Å². The minimum Gasteiger partial charge on any atom is -0.489 e. The Kier molecular flexibility index (Phi) is 2.18. The van der Waals surface area contributed by atoms with Gasteiger partial charge in [0.2, 0.25) is 0 Å². The molecule has 1 saturated heterocycles. The summed E-state index contributed by atoms with van der Waals surface area (Å²) in [7, 11) is 0. The van der Waals surface area contributed by atoms with Crippen LogP contribution in [0.1, 0.15) is 31.7 Å². The van der Waals surface area contributed by atoms with Crippen molar-refractivity contribution < 1.29 is 4.74 Å². The smallest absolute Gasteiger partial charge is 0.138 e. The van der Waals surface area contributed by atoms with E-state index in [9.17, 15) is 0 Å². The Morgan fingerprint density at radius 3 is 2.81 bits per heavy atom. The summed E-state index contributed by atoms with van der Waals surface area (Å²) in [5.74, 6) is 1.61. The SMILES string of the molecule is CC(C)Oc1cncc(C2CC23CNC3)c1.